The molecule has 0 spiro atoms. The zero-order valence-electron chi connectivity index (χ0n) is 15.0. The Bertz CT molecular complexity index is 761. The largest absolute Gasteiger partial charge is 0.491 e. The van der Waals surface area contributed by atoms with E-state index in [1.807, 2.05) is 61.5 Å². The summed E-state index contributed by atoms with van der Waals surface area (Å²) in [5.74, 6) is 0.645. The van der Waals surface area contributed by atoms with Crippen molar-refractivity contribution in [1.29, 1.82) is 0 Å². The molecule has 1 atom stereocenters. The number of hydrogen-bond donors (Lipinski definition) is 1. The van der Waals surface area contributed by atoms with Crippen LogP contribution in [0.15, 0.2) is 54.6 Å². The second kappa shape index (κ2) is 8.52. The van der Waals surface area contributed by atoms with E-state index in [2.05, 4.69) is 5.32 Å². The van der Waals surface area contributed by atoms with Gasteiger partial charge in [0.2, 0.25) is 11.8 Å². The molecule has 0 fully saturated rings. The molecular weight excluding hydrogens is 328 g/mol. The molecule has 0 saturated heterocycles. The van der Waals surface area contributed by atoms with E-state index in [0.717, 1.165) is 23.4 Å². The van der Waals surface area contributed by atoms with Gasteiger partial charge in [-0.1, -0.05) is 49.4 Å². The standard InChI is InChI=1S/C21H24N2O3/c1-2-20(24)22-17(16-9-4-3-5-10-16)15-21(25)23-13-8-14-26-19-12-7-6-11-18(19)23/h3-7,9-12,17H,2,8,13-15H2,1H3,(H,22,24)/t17-/m0/s1. The highest BCUT2D eigenvalue weighted by Crippen LogP contribution is 2.32. The number of para-hydroxylation sites is 2. The first-order valence-corrected chi connectivity index (χ1v) is 9.05. The second-order valence-corrected chi connectivity index (χ2v) is 6.30. The Kier molecular flexibility index (Phi) is 5.89. The van der Waals surface area contributed by atoms with Gasteiger partial charge in [-0.25, -0.2) is 0 Å². The number of amides is 2. The molecule has 1 heterocycles. The molecule has 0 bridgehead atoms. The van der Waals surface area contributed by atoms with Gasteiger partial charge in [-0.05, 0) is 24.1 Å². The molecular formula is C21H24N2O3. The predicted octanol–water partition coefficient (Wildman–Crippen LogP) is 3.46. The van der Waals surface area contributed by atoms with Crippen LogP contribution in [0, 0.1) is 0 Å². The SMILES string of the molecule is CCC(=O)N[C@@H](CC(=O)N1CCCOc2ccccc21)c1ccccc1. The van der Waals surface area contributed by atoms with E-state index in [1.54, 1.807) is 4.90 Å². The molecule has 136 valence electrons. The van der Waals surface area contributed by atoms with Crippen LogP contribution in [0.4, 0.5) is 5.69 Å². The first kappa shape index (κ1) is 18.0. The molecule has 0 aromatic heterocycles. The van der Waals surface area contributed by atoms with Gasteiger partial charge in [-0.2, -0.15) is 0 Å². The van der Waals surface area contributed by atoms with Gasteiger partial charge in [0.05, 0.1) is 24.8 Å². The number of hydrogen-bond acceptors (Lipinski definition) is 3. The summed E-state index contributed by atoms with van der Waals surface area (Å²) in [6.45, 7) is 3.01. The minimum absolute atomic E-state index is 0.0202. The van der Waals surface area contributed by atoms with E-state index >= 15 is 0 Å². The molecule has 5 nitrogen and oxygen atoms in total. The third-order valence-corrected chi connectivity index (χ3v) is 4.48. The Morgan fingerprint density at radius 1 is 1.12 bits per heavy atom. The third kappa shape index (κ3) is 4.23. The zero-order valence-corrected chi connectivity index (χ0v) is 15.0. The molecule has 0 saturated carbocycles. The lowest BCUT2D eigenvalue weighted by Crippen LogP contribution is -2.36. The van der Waals surface area contributed by atoms with Crippen LogP contribution in [0.25, 0.3) is 0 Å². The van der Waals surface area contributed by atoms with Crippen molar-refractivity contribution in [2.75, 3.05) is 18.1 Å². The van der Waals surface area contributed by atoms with Crippen LogP contribution in [-0.2, 0) is 9.59 Å². The topological polar surface area (TPSA) is 58.6 Å². The Balaban J connectivity index is 1.82. The smallest absolute Gasteiger partial charge is 0.229 e. The molecule has 0 radical (unpaired) electrons. The highest BCUT2D eigenvalue weighted by Gasteiger charge is 2.25. The fourth-order valence-corrected chi connectivity index (χ4v) is 3.11. The molecule has 2 aromatic rings. The summed E-state index contributed by atoms with van der Waals surface area (Å²) in [6, 6.07) is 16.9. The Morgan fingerprint density at radius 2 is 1.85 bits per heavy atom. The molecule has 2 amide bonds. The van der Waals surface area contributed by atoms with Gasteiger partial charge in [-0.3, -0.25) is 9.59 Å². The van der Waals surface area contributed by atoms with E-state index in [0.29, 0.717) is 19.6 Å². The second-order valence-electron chi connectivity index (χ2n) is 6.30. The normalized spacial score (nSPS) is 14.6. The van der Waals surface area contributed by atoms with E-state index < -0.39 is 0 Å². The number of rotatable bonds is 5. The third-order valence-electron chi connectivity index (χ3n) is 4.48. The highest BCUT2D eigenvalue weighted by atomic mass is 16.5. The van der Waals surface area contributed by atoms with Gasteiger partial charge >= 0.3 is 0 Å². The van der Waals surface area contributed by atoms with Crippen molar-refractivity contribution in [3.05, 3.63) is 60.2 Å². The van der Waals surface area contributed by atoms with Gasteiger partial charge in [0.25, 0.3) is 0 Å². The van der Waals surface area contributed by atoms with Crippen LogP contribution in [0.2, 0.25) is 0 Å². The summed E-state index contributed by atoms with van der Waals surface area (Å²) < 4.78 is 5.74. The predicted molar refractivity (Wildman–Crippen MR) is 101 cm³/mol. The van der Waals surface area contributed by atoms with Crippen molar-refractivity contribution in [3.63, 3.8) is 0 Å². The first-order valence-electron chi connectivity index (χ1n) is 9.05. The molecule has 5 heteroatoms. The number of carbonyl (C=O) groups excluding carboxylic acids is 2. The Morgan fingerprint density at radius 3 is 2.62 bits per heavy atom. The van der Waals surface area contributed by atoms with Crippen molar-refractivity contribution < 1.29 is 14.3 Å². The monoisotopic (exact) mass is 352 g/mol. The lowest BCUT2D eigenvalue weighted by molar-refractivity contribution is -0.122. The summed E-state index contributed by atoms with van der Waals surface area (Å²) in [4.78, 5) is 26.8. The number of ether oxygens (including phenoxy) is 1. The summed E-state index contributed by atoms with van der Waals surface area (Å²) in [6.07, 6.45) is 1.37. The number of carbonyl (C=O) groups is 2. The van der Waals surface area contributed by atoms with E-state index in [-0.39, 0.29) is 24.3 Å². The minimum Gasteiger partial charge on any atom is -0.491 e. The van der Waals surface area contributed by atoms with Crippen molar-refractivity contribution in [2.45, 2.75) is 32.2 Å². The van der Waals surface area contributed by atoms with Gasteiger partial charge in [0.15, 0.2) is 0 Å². The zero-order chi connectivity index (χ0) is 18.4. The highest BCUT2D eigenvalue weighted by molar-refractivity contribution is 5.95. The fraction of sp³-hybridized carbons (Fsp3) is 0.333. The lowest BCUT2D eigenvalue weighted by atomic mass is 10.0. The van der Waals surface area contributed by atoms with Crippen LogP contribution in [0.5, 0.6) is 5.75 Å². The molecule has 3 rings (SSSR count). The minimum atomic E-state index is -0.340. The summed E-state index contributed by atoms with van der Waals surface area (Å²) in [5.41, 5.74) is 1.73. The van der Waals surface area contributed by atoms with Crippen LogP contribution in [0.1, 0.15) is 37.8 Å². The van der Waals surface area contributed by atoms with Gasteiger partial charge < -0.3 is 15.0 Å². The van der Waals surface area contributed by atoms with Crippen LogP contribution >= 0.6 is 0 Å². The van der Waals surface area contributed by atoms with E-state index in [4.69, 9.17) is 4.74 Å². The van der Waals surface area contributed by atoms with Crippen LogP contribution in [0.3, 0.4) is 0 Å². The average molecular weight is 352 g/mol. The van der Waals surface area contributed by atoms with Crippen molar-refractivity contribution in [2.24, 2.45) is 0 Å². The number of nitrogens with zero attached hydrogens (tertiary/aromatic N) is 1. The van der Waals surface area contributed by atoms with Gasteiger partial charge in [-0.15, -0.1) is 0 Å². The van der Waals surface area contributed by atoms with Gasteiger partial charge in [0, 0.05) is 13.0 Å². The number of anilines is 1. The molecule has 0 aliphatic carbocycles. The Labute approximate surface area is 154 Å². The maximum Gasteiger partial charge on any atom is 0.229 e. The Hall–Kier alpha value is -2.82. The molecule has 1 aliphatic rings. The number of nitrogens with one attached hydrogen (secondary N) is 1. The van der Waals surface area contributed by atoms with Crippen LogP contribution < -0.4 is 15.0 Å². The van der Waals surface area contributed by atoms with Crippen molar-refractivity contribution >= 4 is 17.5 Å². The molecule has 0 unspecified atom stereocenters. The lowest BCUT2D eigenvalue weighted by Gasteiger charge is -2.25. The maximum atomic E-state index is 13.1. The fourth-order valence-electron chi connectivity index (χ4n) is 3.11. The maximum absolute atomic E-state index is 13.1. The average Bonchev–Trinajstić information content (AvgIpc) is 2.90. The number of benzene rings is 2. The molecule has 26 heavy (non-hydrogen) atoms. The molecule has 2 aromatic carbocycles. The van der Waals surface area contributed by atoms with E-state index in [9.17, 15) is 9.59 Å². The molecule has 1 aliphatic heterocycles. The quantitative estimate of drug-likeness (QED) is 0.896. The molecule has 1 N–H and O–H groups in total. The van der Waals surface area contributed by atoms with Crippen molar-refractivity contribution in [3.8, 4) is 5.75 Å². The summed E-state index contributed by atoms with van der Waals surface area (Å²) >= 11 is 0. The van der Waals surface area contributed by atoms with Crippen LogP contribution in [-0.4, -0.2) is 25.0 Å². The summed E-state index contributed by atoms with van der Waals surface area (Å²) in [7, 11) is 0. The first-order chi connectivity index (χ1) is 12.7. The number of fused-ring (bicyclic) bond motifs is 1. The van der Waals surface area contributed by atoms with E-state index in [1.165, 1.54) is 0 Å². The summed E-state index contributed by atoms with van der Waals surface area (Å²) in [5, 5.41) is 2.97. The van der Waals surface area contributed by atoms with Crippen molar-refractivity contribution in [1.82, 2.24) is 5.32 Å². The van der Waals surface area contributed by atoms with Gasteiger partial charge in [0.1, 0.15) is 5.75 Å².